The summed E-state index contributed by atoms with van der Waals surface area (Å²) in [5, 5.41) is 0. The van der Waals surface area contributed by atoms with Gasteiger partial charge in [-0.2, -0.15) is 0 Å². The van der Waals surface area contributed by atoms with E-state index in [4.69, 9.17) is 9.97 Å². The topological polar surface area (TPSA) is 25.8 Å². The molecule has 0 unspecified atom stereocenters. The number of hydrogen-bond acceptors (Lipinski definition) is 2. The first kappa shape index (κ1) is 34.2. The number of aryl methyl sites for hydroxylation is 5. The van der Waals surface area contributed by atoms with Crippen molar-refractivity contribution in [2.24, 2.45) is 0 Å². The Bertz CT molecular complexity index is 2380. The molecule has 0 radical (unpaired) electrons. The maximum absolute atomic E-state index is 4.78. The molecule has 54 heavy (non-hydrogen) atoms. The molecule has 2 nitrogen and oxygen atoms in total. The summed E-state index contributed by atoms with van der Waals surface area (Å²) >= 11 is 0. The van der Waals surface area contributed by atoms with E-state index in [0.717, 1.165) is 35.7 Å². The van der Waals surface area contributed by atoms with Crippen LogP contribution < -0.4 is 0 Å². The van der Waals surface area contributed by atoms with Crippen LogP contribution in [0.3, 0.4) is 0 Å². The predicted molar refractivity (Wildman–Crippen MR) is 226 cm³/mol. The Labute approximate surface area is 321 Å². The van der Waals surface area contributed by atoms with Gasteiger partial charge in [-0.3, -0.25) is 9.97 Å². The number of pyridine rings is 2. The van der Waals surface area contributed by atoms with Crippen LogP contribution in [0.1, 0.15) is 77.8 Å². The molecule has 1 saturated carbocycles. The molecule has 0 aliphatic heterocycles. The van der Waals surface area contributed by atoms with Crippen LogP contribution in [-0.2, 0) is 25.7 Å². The maximum atomic E-state index is 4.78. The minimum Gasteiger partial charge on any atom is -0.256 e. The summed E-state index contributed by atoms with van der Waals surface area (Å²) in [6.07, 6.45) is 16.4. The van der Waals surface area contributed by atoms with Crippen molar-refractivity contribution < 1.29 is 0 Å². The van der Waals surface area contributed by atoms with Crippen LogP contribution in [0.4, 0.5) is 0 Å². The van der Waals surface area contributed by atoms with Gasteiger partial charge in [0.1, 0.15) is 0 Å². The molecule has 7 aromatic rings. The summed E-state index contributed by atoms with van der Waals surface area (Å²) in [5.74, 6) is 0.727. The standard InChI is InChI=1S/C52H48N2/c1-36-30-38(15-14-37-16-18-43(19-17-37)52-33-45-10-7-11-47(45)35-54-52)32-48(31-36)50-13-6-5-12-49(50)42-24-26-44(27-25-42)51-34-46(28-29-53-51)41-22-20-40(21-23-41)39-8-3-2-4-9-39/h5-6,12-13,16-35,39H,2-4,7-11,14-15H2,1H3. The van der Waals surface area contributed by atoms with Gasteiger partial charge in [-0.1, -0.05) is 140 Å². The molecule has 0 atom stereocenters. The van der Waals surface area contributed by atoms with Crippen LogP contribution >= 0.6 is 0 Å². The number of aromatic nitrogens is 2. The van der Waals surface area contributed by atoms with Crippen molar-refractivity contribution in [1.82, 2.24) is 9.97 Å². The number of hydrogen-bond donors (Lipinski definition) is 0. The van der Waals surface area contributed by atoms with E-state index in [1.54, 1.807) is 0 Å². The molecule has 9 rings (SSSR count). The summed E-state index contributed by atoms with van der Waals surface area (Å²) in [7, 11) is 0. The third-order valence-electron chi connectivity index (χ3n) is 11.9. The molecule has 2 aromatic heterocycles. The Kier molecular flexibility index (Phi) is 9.75. The van der Waals surface area contributed by atoms with Gasteiger partial charge in [-0.25, -0.2) is 0 Å². The van der Waals surface area contributed by atoms with E-state index in [2.05, 4.69) is 147 Å². The van der Waals surface area contributed by atoms with Crippen molar-refractivity contribution in [1.29, 1.82) is 0 Å². The summed E-state index contributed by atoms with van der Waals surface area (Å²) in [4.78, 5) is 9.54. The fraction of sp³-hybridized carbons (Fsp3) is 0.231. The zero-order chi connectivity index (χ0) is 36.3. The van der Waals surface area contributed by atoms with E-state index in [1.165, 1.54) is 124 Å². The number of fused-ring (bicyclic) bond motifs is 1. The van der Waals surface area contributed by atoms with Crippen molar-refractivity contribution in [3.05, 3.63) is 179 Å². The summed E-state index contributed by atoms with van der Waals surface area (Å²) in [6, 6.07) is 49.8. The Morgan fingerprint density at radius 2 is 1.13 bits per heavy atom. The number of rotatable bonds is 9. The molecule has 0 bridgehead atoms. The van der Waals surface area contributed by atoms with Gasteiger partial charge in [0.15, 0.2) is 0 Å². The summed E-state index contributed by atoms with van der Waals surface area (Å²) in [5.41, 5.74) is 20.3. The van der Waals surface area contributed by atoms with E-state index in [-0.39, 0.29) is 0 Å². The van der Waals surface area contributed by atoms with Gasteiger partial charge in [-0.15, -0.1) is 0 Å². The smallest absolute Gasteiger partial charge is 0.0708 e. The van der Waals surface area contributed by atoms with Gasteiger partial charge in [0.2, 0.25) is 0 Å². The molecule has 0 amide bonds. The van der Waals surface area contributed by atoms with Crippen LogP contribution in [0.2, 0.25) is 0 Å². The van der Waals surface area contributed by atoms with E-state index in [1.807, 2.05) is 6.20 Å². The highest BCUT2D eigenvalue weighted by Gasteiger charge is 2.16. The molecule has 0 spiro atoms. The van der Waals surface area contributed by atoms with Gasteiger partial charge >= 0.3 is 0 Å². The molecular weight excluding hydrogens is 653 g/mol. The number of nitrogens with zero attached hydrogens (tertiary/aromatic N) is 2. The Morgan fingerprint density at radius 3 is 1.91 bits per heavy atom. The Hall–Kier alpha value is -5.60. The lowest BCUT2D eigenvalue weighted by molar-refractivity contribution is 0.443. The first-order chi connectivity index (χ1) is 26.6. The Balaban J connectivity index is 0.902. The van der Waals surface area contributed by atoms with E-state index < -0.39 is 0 Å². The van der Waals surface area contributed by atoms with Crippen LogP contribution in [0.5, 0.6) is 0 Å². The molecule has 0 N–H and O–H groups in total. The van der Waals surface area contributed by atoms with Gasteiger partial charge in [0, 0.05) is 23.5 Å². The SMILES string of the molecule is Cc1cc(CCc2ccc(-c3cc4c(cn3)CCC4)cc2)cc(-c2ccccc2-c2ccc(-c3cc(-c4ccc(C5CCCCC5)cc4)ccn3)cc2)c1. The monoisotopic (exact) mass is 700 g/mol. The molecular formula is C52H48N2. The highest BCUT2D eigenvalue weighted by atomic mass is 14.7. The first-order valence-corrected chi connectivity index (χ1v) is 20.1. The molecule has 2 heteroatoms. The van der Waals surface area contributed by atoms with Gasteiger partial charge in [-0.05, 0) is 137 Å². The van der Waals surface area contributed by atoms with Crippen molar-refractivity contribution in [2.45, 2.75) is 77.0 Å². The van der Waals surface area contributed by atoms with Crippen LogP contribution in [0, 0.1) is 6.92 Å². The molecule has 2 aliphatic carbocycles. The quantitative estimate of drug-likeness (QED) is 0.150. The predicted octanol–water partition coefficient (Wildman–Crippen LogP) is 13.4. The van der Waals surface area contributed by atoms with Crippen LogP contribution in [0.25, 0.3) is 55.9 Å². The van der Waals surface area contributed by atoms with Crippen LogP contribution in [0.15, 0.2) is 146 Å². The normalized spacial score (nSPS) is 14.2. The number of benzene rings is 5. The molecule has 0 saturated heterocycles. The lowest BCUT2D eigenvalue weighted by atomic mass is 9.84. The minimum atomic E-state index is 0.727. The molecule has 2 heterocycles. The third kappa shape index (κ3) is 7.44. The van der Waals surface area contributed by atoms with Gasteiger partial charge < -0.3 is 0 Å². The average Bonchev–Trinajstić information content (AvgIpc) is 3.72. The third-order valence-corrected chi connectivity index (χ3v) is 11.9. The fourth-order valence-corrected chi connectivity index (χ4v) is 8.86. The van der Waals surface area contributed by atoms with E-state index >= 15 is 0 Å². The van der Waals surface area contributed by atoms with Crippen molar-refractivity contribution in [2.75, 3.05) is 0 Å². The first-order valence-electron chi connectivity index (χ1n) is 20.1. The Morgan fingerprint density at radius 1 is 0.481 bits per heavy atom. The fourth-order valence-electron chi connectivity index (χ4n) is 8.86. The van der Waals surface area contributed by atoms with E-state index in [9.17, 15) is 0 Å². The zero-order valence-electron chi connectivity index (χ0n) is 31.4. The van der Waals surface area contributed by atoms with Crippen molar-refractivity contribution >= 4 is 0 Å². The highest BCUT2D eigenvalue weighted by molar-refractivity contribution is 5.85. The van der Waals surface area contributed by atoms with Gasteiger partial charge in [0.05, 0.1) is 11.4 Å². The molecule has 5 aromatic carbocycles. The van der Waals surface area contributed by atoms with Crippen molar-refractivity contribution in [3.8, 4) is 55.9 Å². The molecule has 2 aliphatic rings. The average molecular weight is 701 g/mol. The minimum absolute atomic E-state index is 0.727. The van der Waals surface area contributed by atoms with Gasteiger partial charge in [0.25, 0.3) is 0 Å². The largest absolute Gasteiger partial charge is 0.256 e. The maximum Gasteiger partial charge on any atom is 0.0708 e. The summed E-state index contributed by atoms with van der Waals surface area (Å²) < 4.78 is 0. The lowest BCUT2D eigenvalue weighted by Crippen LogP contribution is -2.04. The molecule has 1 fully saturated rings. The van der Waals surface area contributed by atoms with Crippen molar-refractivity contribution in [3.63, 3.8) is 0 Å². The second-order valence-corrected chi connectivity index (χ2v) is 15.6. The highest BCUT2D eigenvalue weighted by Crippen LogP contribution is 2.36. The second-order valence-electron chi connectivity index (χ2n) is 15.6. The van der Waals surface area contributed by atoms with E-state index in [0.29, 0.717) is 0 Å². The molecule has 266 valence electrons. The van der Waals surface area contributed by atoms with Crippen LogP contribution in [-0.4, -0.2) is 9.97 Å². The second kappa shape index (κ2) is 15.4. The lowest BCUT2D eigenvalue weighted by Gasteiger charge is -2.22. The zero-order valence-corrected chi connectivity index (χ0v) is 31.4. The summed E-state index contributed by atoms with van der Waals surface area (Å²) in [6.45, 7) is 2.22.